The highest BCUT2D eigenvalue weighted by molar-refractivity contribution is 7.09. The lowest BCUT2D eigenvalue weighted by Crippen LogP contribution is -2.43. The minimum absolute atomic E-state index is 0.0845. The van der Waals surface area contributed by atoms with Crippen molar-refractivity contribution < 1.29 is 23.5 Å². The van der Waals surface area contributed by atoms with E-state index in [1.54, 1.807) is 13.8 Å². The number of alkyl halides is 2. The Kier molecular flexibility index (Phi) is 5.24. The van der Waals surface area contributed by atoms with Gasteiger partial charge in [-0.2, -0.15) is 0 Å². The summed E-state index contributed by atoms with van der Waals surface area (Å²) < 4.78 is 28.0. The van der Waals surface area contributed by atoms with E-state index in [4.69, 9.17) is 0 Å². The monoisotopic (exact) mass is 411 g/mol. The number of aryl methyl sites for hydroxylation is 2. The average Bonchev–Trinajstić information content (AvgIpc) is 3.09. The number of amides is 2. The van der Waals surface area contributed by atoms with E-state index >= 15 is 0 Å². The zero-order chi connectivity index (χ0) is 20.6. The molecule has 1 aromatic heterocycles. The van der Waals surface area contributed by atoms with Crippen molar-refractivity contribution in [1.29, 1.82) is 0 Å². The summed E-state index contributed by atoms with van der Waals surface area (Å²) in [6.07, 6.45) is -0.587. The number of nitrogens with zero attached hydrogens (tertiary/aromatic N) is 1. The van der Waals surface area contributed by atoms with Gasteiger partial charge in [-0.05, 0) is 37.6 Å². The standard InChI is InChI=1S/C18H19F2N3O4S/c1-9-3-11(5-13(24)4-9)16(26)23-8-18(19,20)6-12(23)7-21-15(25)14-10(2)28-17(27)22-14/h3-5,12,24H,6-8H2,1-2H3,(H,21,25)(H,22,27). The van der Waals surface area contributed by atoms with E-state index in [9.17, 15) is 28.3 Å². The smallest absolute Gasteiger partial charge is 0.305 e. The molecule has 1 aliphatic heterocycles. The number of nitrogens with one attached hydrogen (secondary N) is 2. The van der Waals surface area contributed by atoms with Crippen LogP contribution in [0.3, 0.4) is 0 Å². The van der Waals surface area contributed by atoms with Gasteiger partial charge in [0.15, 0.2) is 0 Å². The van der Waals surface area contributed by atoms with E-state index in [2.05, 4.69) is 10.3 Å². The van der Waals surface area contributed by atoms with Gasteiger partial charge in [-0.25, -0.2) is 8.78 Å². The summed E-state index contributed by atoms with van der Waals surface area (Å²) in [4.78, 5) is 39.8. The van der Waals surface area contributed by atoms with E-state index in [-0.39, 0.29) is 28.4 Å². The fraction of sp³-hybridized carbons (Fsp3) is 0.389. The first-order valence-electron chi connectivity index (χ1n) is 8.53. The van der Waals surface area contributed by atoms with Crippen LogP contribution in [0.4, 0.5) is 8.78 Å². The predicted molar refractivity (Wildman–Crippen MR) is 99.2 cm³/mol. The van der Waals surface area contributed by atoms with Crippen LogP contribution in [0.25, 0.3) is 0 Å². The van der Waals surface area contributed by atoms with Crippen LogP contribution in [0.15, 0.2) is 23.0 Å². The van der Waals surface area contributed by atoms with Crippen molar-refractivity contribution in [1.82, 2.24) is 15.2 Å². The average molecular weight is 411 g/mol. The minimum Gasteiger partial charge on any atom is -0.508 e. The molecule has 1 aromatic carbocycles. The molecule has 2 amide bonds. The number of benzene rings is 1. The van der Waals surface area contributed by atoms with Crippen molar-refractivity contribution in [3.05, 3.63) is 49.6 Å². The summed E-state index contributed by atoms with van der Waals surface area (Å²) in [5.41, 5.74) is 0.807. The molecule has 0 radical (unpaired) electrons. The summed E-state index contributed by atoms with van der Waals surface area (Å²) in [5.74, 6) is -4.44. The van der Waals surface area contributed by atoms with Crippen LogP contribution in [0, 0.1) is 13.8 Å². The Hall–Kier alpha value is -2.75. The summed E-state index contributed by atoms with van der Waals surface area (Å²) >= 11 is 0.881. The highest BCUT2D eigenvalue weighted by Gasteiger charge is 2.47. The lowest BCUT2D eigenvalue weighted by molar-refractivity contribution is 0.0118. The maximum absolute atomic E-state index is 14.0. The number of aromatic nitrogens is 1. The largest absolute Gasteiger partial charge is 0.508 e. The number of phenols is 1. The molecule has 10 heteroatoms. The van der Waals surface area contributed by atoms with Crippen LogP contribution in [0.2, 0.25) is 0 Å². The second-order valence-electron chi connectivity index (χ2n) is 6.86. The molecule has 0 aliphatic carbocycles. The van der Waals surface area contributed by atoms with Gasteiger partial charge in [0.25, 0.3) is 17.7 Å². The molecule has 3 N–H and O–H groups in total. The lowest BCUT2D eigenvalue weighted by Gasteiger charge is -2.24. The van der Waals surface area contributed by atoms with E-state index < -0.39 is 36.7 Å². The maximum Gasteiger partial charge on any atom is 0.305 e. The third-order valence-electron chi connectivity index (χ3n) is 4.50. The summed E-state index contributed by atoms with van der Waals surface area (Å²) in [6.45, 7) is 2.32. The SMILES string of the molecule is Cc1cc(O)cc(C(=O)N2CC(F)(F)CC2CNC(=O)c2[nH]c(=O)sc2C)c1. The van der Waals surface area contributed by atoms with Gasteiger partial charge in [-0.3, -0.25) is 14.4 Å². The molecule has 1 saturated heterocycles. The third kappa shape index (κ3) is 4.22. The van der Waals surface area contributed by atoms with Crippen LogP contribution in [0.5, 0.6) is 5.75 Å². The van der Waals surface area contributed by atoms with Crippen LogP contribution in [-0.2, 0) is 0 Å². The number of phenolic OH excluding ortho intramolecular Hbond substituents is 1. The molecule has 150 valence electrons. The third-order valence-corrected chi connectivity index (χ3v) is 5.29. The van der Waals surface area contributed by atoms with Gasteiger partial charge >= 0.3 is 4.87 Å². The summed E-state index contributed by atoms with van der Waals surface area (Å²) in [5, 5.41) is 12.2. The number of likely N-dealkylation sites (tertiary alicyclic amines) is 1. The molecular formula is C18H19F2N3O4S. The molecule has 1 unspecified atom stereocenters. The number of hydrogen-bond donors (Lipinski definition) is 3. The molecule has 2 heterocycles. The van der Waals surface area contributed by atoms with Crippen LogP contribution in [0.1, 0.15) is 37.7 Å². The van der Waals surface area contributed by atoms with Crippen LogP contribution >= 0.6 is 11.3 Å². The molecular weight excluding hydrogens is 392 g/mol. The topological polar surface area (TPSA) is 102 Å². The van der Waals surface area contributed by atoms with Crippen molar-refractivity contribution >= 4 is 23.2 Å². The van der Waals surface area contributed by atoms with Gasteiger partial charge in [0.05, 0.1) is 12.6 Å². The van der Waals surface area contributed by atoms with Crippen molar-refractivity contribution in [2.45, 2.75) is 32.2 Å². The normalized spacial score (nSPS) is 18.3. The Bertz CT molecular complexity index is 965. The number of H-pyrrole nitrogens is 1. The molecule has 7 nitrogen and oxygen atoms in total. The number of rotatable bonds is 4. The minimum atomic E-state index is -3.08. The second-order valence-corrected chi connectivity index (χ2v) is 8.05. The number of aromatic hydroxyl groups is 1. The molecule has 1 fully saturated rings. The molecule has 0 spiro atoms. The first-order chi connectivity index (χ1) is 13.1. The highest BCUT2D eigenvalue weighted by atomic mass is 32.1. The Morgan fingerprint density at radius 1 is 1.36 bits per heavy atom. The summed E-state index contributed by atoms with van der Waals surface area (Å²) in [6, 6.07) is 3.27. The molecule has 0 saturated carbocycles. The molecule has 0 bridgehead atoms. The Balaban J connectivity index is 1.76. The van der Waals surface area contributed by atoms with Gasteiger partial charge in [0.1, 0.15) is 11.4 Å². The van der Waals surface area contributed by atoms with Gasteiger partial charge in [-0.15, -0.1) is 0 Å². The van der Waals surface area contributed by atoms with E-state index in [0.717, 1.165) is 16.2 Å². The van der Waals surface area contributed by atoms with E-state index in [1.165, 1.54) is 18.2 Å². The van der Waals surface area contributed by atoms with Crippen LogP contribution < -0.4 is 10.2 Å². The van der Waals surface area contributed by atoms with Gasteiger partial charge < -0.3 is 20.3 Å². The number of thiazole rings is 1. The van der Waals surface area contributed by atoms with Crippen molar-refractivity contribution in [2.75, 3.05) is 13.1 Å². The Morgan fingerprint density at radius 2 is 2.07 bits per heavy atom. The van der Waals surface area contributed by atoms with Gasteiger partial charge in [-0.1, -0.05) is 11.3 Å². The molecule has 28 heavy (non-hydrogen) atoms. The van der Waals surface area contributed by atoms with Crippen molar-refractivity contribution in [2.24, 2.45) is 0 Å². The zero-order valence-electron chi connectivity index (χ0n) is 15.2. The molecule has 3 rings (SSSR count). The first kappa shape index (κ1) is 20.0. The lowest BCUT2D eigenvalue weighted by atomic mass is 10.1. The fourth-order valence-corrected chi connectivity index (χ4v) is 3.97. The molecule has 1 atom stereocenters. The number of carbonyl (C=O) groups is 2. The van der Waals surface area contributed by atoms with Crippen molar-refractivity contribution in [3.63, 3.8) is 0 Å². The first-order valence-corrected chi connectivity index (χ1v) is 9.35. The number of carbonyl (C=O) groups excluding carboxylic acids is 2. The van der Waals surface area contributed by atoms with Crippen LogP contribution in [-0.4, -0.2) is 51.9 Å². The predicted octanol–water partition coefficient (Wildman–Crippen LogP) is 2.04. The quantitative estimate of drug-likeness (QED) is 0.716. The van der Waals surface area contributed by atoms with Gasteiger partial charge in [0, 0.05) is 23.4 Å². The van der Waals surface area contributed by atoms with E-state index in [0.29, 0.717) is 10.4 Å². The number of halogens is 2. The Morgan fingerprint density at radius 3 is 2.68 bits per heavy atom. The highest BCUT2D eigenvalue weighted by Crippen LogP contribution is 2.33. The Labute approximate surface area is 163 Å². The zero-order valence-corrected chi connectivity index (χ0v) is 16.0. The number of hydrogen-bond acceptors (Lipinski definition) is 5. The van der Waals surface area contributed by atoms with Gasteiger partial charge in [0.2, 0.25) is 0 Å². The van der Waals surface area contributed by atoms with E-state index in [1.807, 2.05) is 0 Å². The molecule has 1 aliphatic rings. The second kappa shape index (κ2) is 7.34. The fourth-order valence-electron chi connectivity index (χ4n) is 3.29. The number of aromatic amines is 1. The summed E-state index contributed by atoms with van der Waals surface area (Å²) in [7, 11) is 0. The molecule has 2 aromatic rings. The maximum atomic E-state index is 14.0. The van der Waals surface area contributed by atoms with Crippen molar-refractivity contribution in [3.8, 4) is 5.75 Å².